The Kier molecular flexibility index (Phi) is 4.97. The first kappa shape index (κ1) is 14.3. The number of methoxy groups -OCH3 is 2. The molecule has 0 aliphatic carbocycles. The predicted octanol–water partition coefficient (Wildman–Crippen LogP) is 1.23. The van der Waals surface area contributed by atoms with Crippen LogP contribution in [0.1, 0.15) is 11.1 Å². The van der Waals surface area contributed by atoms with Crippen LogP contribution in [0.25, 0.3) is 0 Å². The van der Waals surface area contributed by atoms with Gasteiger partial charge < -0.3 is 19.9 Å². The van der Waals surface area contributed by atoms with E-state index in [0.717, 1.165) is 16.9 Å². The summed E-state index contributed by atoms with van der Waals surface area (Å²) >= 11 is 0. The Bertz CT molecular complexity index is 431. The number of aliphatic carboxylic acids is 1. The van der Waals surface area contributed by atoms with Gasteiger partial charge in [0.05, 0.1) is 14.2 Å². The largest absolute Gasteiger partial charge is 0.496 e. The van der Waals surface area contributed by atoms with E-state index in [1.807, 2.05) is 19.1 Å². The number of likely N-dealkylation sites (N-methyl/N-ethyl adjacent to an activating group) is 1. The van der Waals surface area contributed by atoms with Crippen LogP contribution < -0.4 is 14.8 Å². The molecule has 1 unspecified atom stereocenters. The summed E-state index contributed by atoms with van der Waals surface area (Å²) in [5.41, 5.74) is 1.72. The Hall–Kier alpha value is -1.75. The smallest absolute Gasteiger partial charge is 0.321 e. The standard InChI is InChI=1S/C13H19NO4/c1-8-11(17-3)6-5-9(12(8)18-4)7-10(14-2)13(15)16/h5-6,10,14H,7H2,1-4H3,(H,15,16). The highest BCUT2D eigenvalue weighted by molar-refractivity contribution is 5.74. The molecule has 0 fully saturated rings. The highest BCUT2D eigenvalue weighted by atomic mass is 16.5. The molecular formula is C13H19NO4. The van der Waals surface area contributed by atoms with Gasteiger partial charge in [0.15, 0.2) is 0 Å². The summed E-state index contributed by atoms with van der Waals surface area (Å²) < 4.78 is 10.6. The lowest BCUT2D eigenvalue weighted by Gasteiger charge is -2.17. The molecule has 0 saturated carbocycles. The lowest BCUT2D eigenvalue weighted by atomic mass is 10.0. The van der Waals surface area contributed by atoms with Crippen molar-refractivity contribution in [2.24, 2.45) is 0 Å². The highest BCUT2D eigenvalue weighted by Crippen LogP contribution is 2.31. The van der Waals surface area contributed by atoms with E-state index in [4.69, 9.17) is 14.6 Å². The van der Waals surface area contributed by atoms with Gasteiger partial charge in [-0.1, -0.05) is 6.07 Å². The molecule has 5 heteroatoms. The van der Waals surface area contributed by atoms with Crippen molar-refractivity contribution in [1.29, 1.82) is 0 Å². The molecule has 0 saturated heterocycles. The zero-order valence-electron chi connectivity index (χ0n) is 11.1. The first-order valence-electron chi connectivity index (χ1n) is 5.65. The Balaban J connectivity index is 3.09. The lowest BCUT2D eigenvalue weighted by Crippen LogP contribution is -2.35. The number of nitrogens with one attached hydrogen (secondary N) is 1. The summed E-state index contributed by atoms with van der Waals surface area (Å²) in [5, 5.41) is 11.8. The fourth-order valence-electron chi connectivity index (χ4n) is 1.93. The minimum absolute atomic E-state index is 0.361. The van der Waals surface area contributed by atoms with Crippen molar-refractivity contribution in [2.75, 3.05) is 21.3 Å². The number of carboxylic acids is 1. The summed E-state index contributed by atoms with van der Waals surface area (Å²) in [6.45, 7) is 1.89. The number of hydrogen-bond donors (Lipinski definition) is 2. The minimum atomic E-state index is -0.881. The van der Waals surface area contributed by atoms with Gasteiger partial charge in [0, 0.05) is 12.0 Å². The molecule has 0 heterocycles. The van der Waals surface area contributed by atoms with Gasteiger partial charge >= 0.3 is 5.97 Å². The van der Waals surface area contributed by atoms with Crippen LogP contribution in [0.4, 0.5) is 0 Å². The van der Waals surface area contributed by atoms with Crippen LogP contribution in [0.3, 0.4) is 0 Å². The zero-order chi connectivity index (χ0) is 13.7. The molecule has 1 aromatic rings. The number of benzene rings is 1. The molecule has 0 aliphatic heterocycles. The van der Waals surface area contributed by atoms with E-state index in [1.54, 1.807) is 21.3 Å². The van der Waals surface area contributed by atoms with Crippen LogP contribution in [0.15, 0.2) is 12.1 Å². The summed E-state index contributed by atoms with van der Waals surface area (Å²) in [7, 11) is 4.79. The van der Waals surface area contributed by atoms with Crippen molar-refractivity contribution in [3.63, 3.8) is 0 Å². The van der Waals surface area contributed by atoms with Gasteiger partial charge in [-0.15, -0.1) is 0 Å². The van der Waals surface area contributed by atoms with Gasteiger partial charge in [-0.05, 0) is 25.6 Å². The zero-order valence-corrected chi connectivity index (χ0v) is 11.1. The summed E-state index contributed by atoms with van der Waals surface area (Å²) in [5.74, 6) is 0.524. The van der Waals surface area contributed by atoms with Crippen molar-refractivity contribution in [3.8, 4) is 11.5 Å². The van der Waals surface area contributed by atoms with Crippen LogP contribution in [-0.2, 0) is 11.2 Å². The van der Waals surface area contributed by atoms with E-state index in [2.05, 4.69) is 5.32 Å². The quantitative estimate of drug-likeness (QED) is 0.798. The summed E-state index contributed by atoms with van der Waals surface area (Å²) in [4.78, 5) is 11.0. The van der Waals surface area contributed by atoms with E-state index in [0.29, 0.717) is 12.2 Å². The topological polar surface area (TPSA) is 67.8 Å². The molecule has 0 aromatic heterocycles. The average Bonchev–Trinajstić information content (AvgIpc) is 2.35. The third kappa shape index (κ3) is 2.92. The van der Waals surface area contributed by atoms with Gasteiger partial charge in [-0.2, -0.15) is 0 Å². The second kappa shape index (κ2) is 6.26. The monoisotopic (exact) mass is 253 g/mol. The van der Waals surface area contributed by atoms with Gasteiger partial charge in [-0.25, -0.2) is 0 Å². The molecule has 5 nitrogen and oxygen atoms in total. The highest BCUT2D eigenvalue weighted by Gasteiger charge is 2.19. The van der Waals surface area contributed by atoms with Crippen LogP contribution in [0.5, 0.6) is 11.5 Å². The van der Waals surface area contributed by atoms with E-state index in [-0.39, 0.29) is 0 Å². The van der Waals surface area contributed by atoms with Crippen molar-refractivity contribution >= 4 is 5.97 Å². The Morgan fingerprint density at radius 2 is 2.06 bits per heavy atom. The van der Waals surface area contributed by atoms with E-state index >= 15 is 0 Å². The number of carboxylic acid groups (broad SMARTS) is 1. The normalized spacial score (nSPS) is 12.0. The second-order valence-corrected chi connectivity index (χ2v) is 3.97. The number of ether oxygens (including phenoxy) is 2. The molecular weight excluding hydrogens is 234 g/mol. The first-order chi connectivity index (χ1) is 8.54. The third-order valence-corrected chi connectivity index (χ3v) is 2.93. The lowest BCUT2D eigenvalue weighted by molar-refractivity contribution is -0.139. The molecule has 100 valence electrons. The average molecular weight is 253 g/mol. The molecule has 0 amide bonds. The molecule has 1 rings (SSSR count). The first-order valence-corrected chi connectivity index (χ1v) is 5.65. The molecule has 0 aliphatic rings. The fraction of sp³-hybridized carbons (Fsp3) is 0.462. The molecule has 0 bridgehead atoms. The maximum Gasteiger partial charge on any atom is 0.321 e. The van der Waals surface area contributed by atoms with Gasteiger partial charge in [-0.3, -0.25) is 4.79 Å². The second-order valence-electron chi connectivity index (χ2n) is 3.97. The van der Waals surface area contributed by atoms with Gasteiger partial charge in [0.25, 0.3) is 0 Å². The van der Waals surface area contributed by atoms with Crippen LogP contribution in [0, 0.1) is 6.92 Å². The van der Waals surface area contributed by atoms with Crippen molar-refractivity contribution in [1.82, 2.24) is 5.32 Å². The van der Waals surface area contributed by atoms with Crippen LogP contribution in [-0.4, -0.2) is 38.4 Å². The van der Waals surface area contributed by atoms with Crippen LogP contribution in [0.2, 0.25) is 0 Å². The summed E-state index contributed by atoms with van der Waals surface area (Å²) in [6, 6.07) is 3.02. The number of rotatable bonds is 6. The molecule has 0 spiro atoms. The fourth-order valence-corrected chi connectivity index (χ4v) is 1.93. The Morgan fingerprint density at radius 1 is 1.39 bits per heavy atom. The summed E-state index contributed by atoms with van der Waals surface area (Å²) in [6.07, 6.45) is 0.361. The van der Waals surface area contributed by atoms with Gasteiger partial charge in [0.1, 0.15) is 17.5 Å². The van der Waals surface area contributed by atoms with Crippen molar-refractivity contribution < 1.29 is 19.4 Å². The number of hydrogen-bond acceptors (Lipinski definition) is 4. The van der Waals surface area contributed by atoms with E-state index < -0.39 is 12.0 Å². The molecule has 1 atom stereocenters. The molecule has 0 radical (unpaired) electrons. The Morgan fingerprint density at radius 3 is 2.50 bits per heavy atom. The Labute approximate surface area is 107 Å². The predicted molar refractivity (Wildman–Crippen MR) is 68.5 cm³/mol. The molecule has 2 N–H and O–H groups in total. The van der Waals surface area contributed by atoms with E-state index in [9.17, 15) is 4.79 Å². The molecule has 1 aromatic carbocycles. The number of carbonyl (C=O) groups is 1. The van der Waals surface area contributed by atoms with Crippen LogP contribution >= 0.6 is 0 Å². The minimum Gasteiger partial charge on any atom is -0.496 e. The maximum absolute atomic E-state index is 11.0. The van der Waals surface area contributed by atoms with Crippen molar-refractivity contribution in [3.05, 3.63) is 23.3 Å². The van der Waals surface area contributed by atoms with E-state index in [1.165, 1.54) is 0 Å². The third-order valence-electron chi connectivity index (χ3n) is 2.93. The maximum atomic E-state index is 11.0. The molecule has 18 heavy (non-hydrogen) atoms. The van der Waals surface area contributed by atoms with Gasteiger partial charge in [0.2, 0.25) is 0 Å². The SMILES string of the molecule is CNC(Cc1ccc(OC)c(C)c1OC)C(=O)O. The van der Waals surface area contributed by atoms with Crippen molar-refractivity contribution in [2.45, 2.75) is 19.4 Å².